The smallest absolute Gasteiger partial charge is 0.772 e. The van der Waals surface area contributed by atoms with E-state index in [2.05, 4.69) is 17.0 Å². The third-order valence-electron chi connectivity index (χ3n) is 10.0. The van der Waals surface area contributed by atoms with E-state index in [0.717, 1.165) is 61.7 Å². The molecule has 2 aliphatic carbocycles. The number of halogens is 1. The molecule has 5 rings (SSSR count). The van der Waals surface area contributed by atoms with Gasteiger partial charge in [-0.1, -0.05) is 42.6 Å². The molecule has 1 amide bonds. The summed E-state index contributed by atoms with van der Waals surface area (Å²) in [6, 6.07) is 11.7. The topological polar surface area (TPSA) is 99.2 Å². The standard InChI is InChI=1S/C33H43ClN2O6S.Na/c1-21(22(2)43(39)40)14-31(37)35(3)17-25-7-8-26(25)18-36-19-33(13-5-6-23-15-27(34)10-11-28(23)33)20-42-30-12-9-24(16-29(30)36)32(38)41-4;/h9-12,15-16,21-22,25-26H,5-8,13-14,17-20H2,1-4H3,(H,39,40);/q;+1/p-1/t21-,22-,25-,26-,33-;/m0./s1. The first-order valence-corrected chi connectivity index (χ1v) is 16.7. The molecule has 44 heavy (non-hydrogen) atoms. The van der Waals surface area contributed by atoms with Crippen LogP contribution >= 0.6 is 11.6 Å². The molecule has 0 saturated heterocycles. The van der Waals surface area contributed by atoms with Gasteiger partial charge in [0.2, 0.25) is 5.91 Å². The number of anilines is 1. The first kappa shape index (κ1) is 35.2. The summed E-state index contributed by atoms with van der Waals surface area (Å²) in [4.78, 5) is 29.6. The maximum Gasteiger partial charge on any atom is 1.00 e. The fraction of sp³-hybridized carbons (Fsp3) is 0.576. The third-order valence-corrected chi connectivity index (χ3v) is 11.3. The average molecular weight is 653 g/mol. The van der Waals surface area contributed by atoms with Gasteiger partial charge in [-0.25, -0.2) is 4.79 Å². The molecule has 1 fully saturated rings. The van der Waals surface area contributed by atoms with Crippen molar-refractivity contribution >= 4 is 40.2 Å². The molecule has 3 aliphatic rings. The van der Waals surface area contributed by atoms with Crippen LogP contribution in [0.3, 0.4) is 0 Å². The van der Waals surface area contributed by atoms with Gasteiger partial charge in [-0.3, -0.25) is 9.00 Å². The summed E-state index contributed by atoms with van der Waals surface area (Å²) in [5, 5.41) is 0.177. The third kappa shape index (κ3) is 7.50. The molecule has 2 aromatic carbocycles. The molecule has 11 heteroatoms. The normalized spacial score (nSPS) is 24.3. The minimum absolute atomic E-state index is 0. The molecular formula is C33H42ClN2NaO6S. The van der Waals surface area contributed by atoms with Gasteiger partial charge >= 0.3 is 35.5 Å². The zero-order valence-corrected chi connectivity index (χ0v) is 30.0. The number of rotatable bonds is 9. The Hall–Kier alpha value is -1.62. The average Bonchev–Trinajstić information content (AvgIpc) is 3.13. The summed E-state index contributed by atoms with van der Waals surface area (Å²) in [5.74, 6) is 0.799. The molecule has 0 bridgehead atoms. The van der Waals surface area contributed by atoms with Crippen molar-refractivity contribution in [1.82, 2.24) is 4.90 Å². The van der Waals surface area contributed by atoms with Gasteiger partial charge in [0, 0.05) is 48.8 Å². The van der Waals surface area contributed by atoms with Crippen molar-refractivity contribution in [3.63, 3.8) is 0 Å². The van der Waals surface area contributed by atoms with Crippen molar-refractivity contribution in [3.8, 4) is 5.75 Å². The number of hydrogen-bond donors (Lipinski definition) is 0. The number of fused-ring (bicyclic) bond motifs is 3. The number of aryl methyl sites for hydroxylation is 1. The van der Waals surface area contributed by atoms with Crippen molar-refractivity contribution in [3.05, 3.63) is 58.1 Å². The molecule has 0 N–H and O–H groups in total. The van der Waals surface area contributed by atoms with Gasteiger partial charge in [0.15, 0.2) is 0 Å². The van der Waals surface area contributed by atoms with E-state index in [1.807, 2.05) is 32.2 Å². The van der Waals surface area contributed by atoms with Gasteiger partial charge in [0.1, 0.15) is 5.75 Å². The SMILES string of the molecule is COC(=O)c1ccc2c(c1)N(C[C@@H]1CC[C@H]1CN(C)C(=O)C[C@H](C)[C@H](C)S(=O)[O-])C[C@@]1(CCCc3cc(Cl)ccc31)CO2.[Na+]. The Bertz CT molecular complexity index is 1390. The van der Waals surface area contributed by atoms with Crippen LogP contribution < -0.4 is 39.2 Å². The summed E-state index contributed by atoms with van der Waals surface area (Å²) < 4.78 is 34.3. The van der Waals surface area contributed by atoms with Gasteiger partial charge in [-0.15, -0.1) is 0 Å². The van der Waals surface area contributed by atoms with Gasteiger partial charge in [-0.2, -0.15) is 0 Å². The number of esters is 1. The van der Waals surface area contributed by atoms with E-state index in [9.17, 15) is 18.4 Å². The summed E-state index contributed by atoms with van der Waals surface area (Å²) in [6.45, 7) is 6.16. The number of benzene rings is 2. The van der Waals surface area contributed by atoms with Crippen LogP contribution in [0.5, 0.6) is 5.75 Å². The van der Waals surface area contributed by atoms with Crippen LogP contribution in [0.15, 0.2) is 36.4 Å². The largest absolute Gasteiger partial charge is 1.00 e. The second-order valence-electron chi connectivity index (χ2n) is 12.8. The molecule has 8 nitrogen and oxygen atoms in total. The van der Waals surface area contributed by atoms with E-state index in [0.29, 0.717) is 30.6 Å². The van der Waals surface area contributed by atoms with E-state index in [1.165, 1.54) is 18.2 Å². The molecular weight excluding hydrogens is 611 g/mol. The Morgan fingerprint density at radius 1 is 1.20 bits per heavy atom. The molecule has 1 spiro atoms. The fourth-order valence-electron chi connectivity index (χ4n) is 7.00. The summed E-state index contributed by atoms with van der Waals surface area (Å²) in [5.41, 5.74) is 3.72. The van der Waals surface area contributed by atoms with Gasteiger partial charge in [-0.05, 0) is 91.3 Å². The Morgan fingerprint density at radius 2 is 1.95 bits per heavy atom. The van der Waals surface area contributed by atoms with E-state index < -0.39 is 16.3 Å². The maximum atomic E-state index is 13.0. The summed E-state index contributed by atoms with van der Waals surface area (Å²) in [7, 11) is 3.21. The van der Waals surface area contributed by atoms with Crippen molar-refractivity contribution in [1.29, 1.82) is 0 Å². The van der Waals surface area contributed by atoms with Crippen molar-refractivity contribution in [2.75, 3.05) is 45.3 Å². The molecule has 234 valence electrons. The first-order chi connectivity index (χ1) is 20.5. The van der Waals surface area contributed by atoms with E-state index in [4.69, 9.17) is 21.1 Å². The molecule has 0 radical (unpaired) electrons. The quantitative estimate of drug-likeness (QED) is 0.233. The Kier molecular flexibility index (Phi) is 11.9. The predicted octanol–water partition coefficient (Wildman–Crippen LogP) is 2.38. The monoisotopic (exact) mass is 652 g/mol. The fourth-order valence-corrected chi connectivity index (χ4v) is 7.67. The van der Waals surface area contributed by atoms with E-state index in [-0.39, 0.29) is 59.2 Å². The predicted molar refractivity (Wildman–Crippen MR) is 168 cm³/mol. The summed E-state index contributed by atoms with van der Waals surface area (Å²) in [6.07, 6.45) is 5.32. The van der Waals surface area contributed by atoms with Gasteiger partial charge in [0.05, 0.1) is 25.0 Å². The number of nitrogens with zero attached hydrogens (tertiary/aromatic N) is 2. The zero-order valence-electron chi connectivity index (χ0n) is 26.5. The van der Waals surface area contributed by atoms with Crippen molar-refractivity contribution in [2.24, 2.45) is 17.8 Å². The van der Waals surface area contributed by atoms with Crippen LogP contribution in [0.4, 0.5) is 5.69 Å². The van der Waals surface area contributed by atoms with Gasteiger partial charge < -0.3 is 23.8 Å². The Balaban J connectivity index is 0.00000442. The van der Waals surface area contributed by atoms with Crippen molar-refractivity contribution < 1.29 is 57.4 Å². The van der Waals surface area contributed by atoms with E-state index >= 15 is 0 Å². The first-order valence-electron chi connectivity index (χ1n) is 15.2. The zero-order chi connectivity index (χ0) is 30.9. The van der Waals surface area contributed by atoms with Crippen LogP contribution in [0.25, 0.3) is 0 Å². The molecule has 6 atom stereocenters. The number of carbonyl (C=O) groups is 2. The van der Waals surface area contributed by atoms with Crippen LogP contribution in [0.2, 0.25) is 5.02 Å². The minimum Gasteiger partial charge on any atom is -0.772 e. The second kappa shape index (κ2) is 14.9. The number of methoxy groups -OCH3 is 1. The maximum absolute atomic E-state index is 13.0. The van der Waals surface area contributed by atoms with Crippen LogP contribution in [-0.2, 0) is 32.4 Å². The Morgan fingerprint density at radius 3 is 2.64 bits per heavy atom. The van der Waals surface area contributed by atoms with Crippen LogP contribution in [0, 0.1) is 17.8 Å². The molecule has 1 unspecified atom stereocenters. The molecule has 1 heterocycles. The van der Waals surface area contributed by atoms with Crippen LogP contribution in [0.1, 0.15) is 67.4 Å². The van der Waals surface area contributed by atoms with E-state index in [1.54, 1.807) is 17.9 Å². The Labute approximate surface area is 290 Å². The molecule has 1 aliphatic heterocycles. The molecule has 0 aromatic heterocycles. The number of amides is 1. The number of hydrogen-bond acceptors (Lipinski definition) is 7. The number of carbonyl (C=O) groups excluding carboxylic acids is 2. The van der Waals surface area contributed by atoms with Gasteiger partial charge in [0.25, 0.3) is 0 Å². The van der Waals surface area contributed by atoms with Crippen molar-refractivity contribution in [2.45, 2.75) is 63.0 Å². The minimum atomic E-state index is -2.20. The molecule has 1 saturated carbocycles. The summed E-state index contributed by atoms with van der Waals surface area (Å²) >= 11 is 4.19. The van der Waals surface area contributed by atoms with Crippen LogP contribution in [-0.4, -0.2) is 71.2 Å². The molecule has 2 aromatic rings. The number of ether oxygens (including phenoxy) is 2. The second-order valence-corrected chi connectivity index (χ2v) is 14.5.